The minimum atomic E-state index is -3.64. The molecule has 7 nitrogen and oxygen atoms in total. The molecule has 0 saturated carbocycles. The normalized spacial score (nSPS) is 19.1. The van der Waals surface area contributed by atoms with Crippen LogP contribution in [0.15, 0.2) is 47.4 Å². The van der Waals surface area contributed by atoms with Gasteiger partial charge in [0.2, 0.25) is 21.8 Å². The van der Waals surface area contributed by atoms with Crippen molar-refractivity contribution in [3.63, 3.8) is 0 Å². The van der Waals surface area contributed by atoms with Crippen LogP contribution in [0, 0.1) is 19.8 Å². The van der Waals surface area contributed by atoms with E-state index < -0.39 is 16.1 Å². The van der Waals surface area contributed by atoms with Crippen LogP contribution in [0.5, 0.6) is 0 Å². The second kappa shape index (κ2) is 10.1. The lowest BCUT2D eigenvalue weighted by atomic mass is 9.92. The topological polar surface area (TPSA) is 78.0 Å². The number of nitrogens with zero attached hydrogens (tertiary/aromatic N) is 3. The van der Waals surface area contributed by atoms with Gasteiger partial charge in [0.1, 0.15) is 6.04 Å². The zero-order chi connectivity index (χ0) is 25.3. The van der Waals surface area contributed by atoms with Gasteiger partial charge in [-0.25, -0.2) is 8.42 Å². The van der Waals surface area contributed by atoms with E-state index in [0.29, 0.717) is 42.9 Å². The van der Waals surface area contributed by atoms with E-state index in [-0.39, 0.29) is 30.8 Å². The number of aryl methyl sites for hydroxylation is 2. The number of amides is 2. The Morgan fingerprint density at radius 2 is 1.63 bits per heavy atom. The van der Waals surface area contributed by atoms with E-state index in [0.717, 1.165) is 16.7 Å². The number of fused-ring (bicyclic) bond motifs is 1. The van der Waals surface area contributed by atoms with E-state index in [2.05, 4.69) is 0 Å². The molecule has 2 aromatic carbocycles. The highest BCUT2D eigenvalue weighted by atomic mass is 32.2. The lowest BCUT2D eigenvalue weighted by Gasteiger charge is -2.41. The predicted octanol–water partition coefficient (Wildman–Crippen LogP) is 3.14. The molecule has 1 saturated heterocycles. The molecule has 1 atom stereocenters. The molecule has 1 fully saturated rings. The summed E-state index contributed by atoms with van der Waals surface area (Å²) in [5, 5.41) is 0. The van der Waals surface area contributed by atoms with E-state index in [1.165, 1.54) is 4.31 Å². The molecule has 2 aliphatic rings. The first-order valence-electron chi connectivity index (χ1n) is 12.3. The number of sulfonamides is 1. The lowest BCUT2D eigenvalue weighted by molar-refractivity contribution is -0.148. The van der Waals surface area contributed by atoms with Crippen LogP contribution in [0.3, 0.4) is 0 Å². The molecule has 0 N–H and O–H groups in total. The van der Waals surface area contributed by atoms with Crippen LogP contribution in [0.1, 0.15) is 42.5 Å². The molecule has 1 unspecified atom stereocenters. The number of carbonyl (C=O) groups excluding carboxylic acids is 2. The molecule has 0 aromatic heterocycles. The van der Waals surface area contributed by atoms with Crippen molar-refractivity contribution >= 4 is 21.8 Å². The van der Waals surface area contributed by atoms with Crippen LogP contribution < -0.4 is 0 Å². The third-order valence-electron chi connectivity index (χ3n) is 6.95. The molecule has 4 rings (SSSR count). The van der Waals surface area contributed by atoms with Gasteiger partial charge < -0.3 is 9.80 Å². The maximum absolute atomic E-state index is 13.7. The quantitative estimate of drug-likeness (QED) is 0.636. The Labute approximate surface area is 208 Å². The van der Waals surface area contributed by atoms with Gasteiger partial charge in [-0.1, -0.05) is 50.2 Å². The summed E-state index contributed by atoms with van der Waals surface area (Å²) >= 11 is 0. The Kier molecular flexibility index (Phi) is 7.33. The van der Waals surface area contributed by atoms with Crippen LogP contribution in [0.4, 0.5) is 0 Å². The average molecular weight is 498 g/mol. The first-order chi connectivity index (χ1) is 16.6. The second-order valence-corrected chi connectivity index (χ2v) is 12.0. The highest BCUT2D eigenvalue weighted by molar-refractivity contribution is 7.89. The molecule has 2 amide bonds. The van der Waals surface area contributed by atoms with Crippen LogP contribution >= 0.6 is 0 Å². The van der Waals surface area contributed by atoms with Crippen molar-refractivity contribution < 1.29 is 18.0 Å². The highest BCUT2D eigenvalue weighted by Gasteiger charge is 2.39. The van der Waals surface area contributed by atoms with Gasteiger partial charge in [0, 0.05) is 45.6 Å². The van der Waals surface area contributed by atoms with E-state index in [1.807, 2.05) is 57.2 Å². The number of piperazine rings is 1. The van der Waals surface area contributed by atoms with Crippen molar-refractivity contribution in [1.29, 1.82) is 0 Å². The summed E-state index contributed by atoms with van der Waals surface area (Å²) in [6.45, 7) is 9.22. The molecule has 2 aliphatic heterocycles. The van der Waals surface area contributed by atoms with E-state index >= 15 is 0 Å². The second-order valence-electron chi connectivity index (χ2n) is 10.1. The van der Waals surface area contributed by atoms with Crippen LogP contribution in [-0.4, -0.2) is 66.6 Å². The molecule has 0 aliphatic carbocycles. The molecule has 0 radical (unpaired) electrons. The van der Waals surface area contributed by atoms with Crippen molar-refractivity contribution in [3.05, 3.63) is 64.7 Å². The Bertz CT molecular complexity index is 1220. The smallest absolute Gasteiger partial charge is 0.245 e. The number of carbonyl (C=O) groups is 2. The third-order valence-corrected chi connectivity index (χ3v) is 8.99. The number of hydrogen-bond donors (Lipinski definition) is 0. The first kappa shape index (κ1) is 25.4. The molecular formula is C27H35N3O4S. The van der Waals surface area contributed by atoms with Crippen molar-refractivity contribution in [2.75, 3.05) is 26.2 Å². The Morgan fingerprint density at radius 3 is 2.29 bits per heavy atom. The van der Waals surface area contributed by atoms with Crippen molar-refractivity contribution in [2.45, 2.75) is 58.0 Å². The minimum Gasteiger partial charge on any atom is -0.338 e. The summed E-state index contributed by atoms with van der Waals surface area (Å²) in [5.41, 5.74) is 3.79. The third kappa shape index (κ3) is 5.28. The van der Waals surface area contributed by atoms with Crippen LogP contribution in [0.2, 0.25) is 0 Å². The molecule has 35 heavy (non-hydrogen) atoms. The van der Waals surface area contributed by atoms with Gasteiger partial charge in [-0.15, -0.1) is 0 Å². The minimum absolute atomic E-state index is 0.0102. The van der Waals surface area contributed by atoms with E-state index in [9.17, 15) is 18.0 Å². The van der Waals surface area contributed by atoms with Crippen LogP contribution in [-0.2, 0) is 32.6 Å². The zero-order valence-electron chi connectivity index (χ0n) is 21.0. The largest absolute Gasteiger partial charge is 0.338 e. The van der Waals surface area contributed by atoms with Gasteiger partial charge in [0.05, 0.1) is 4.90 Å². The number of hydrogen-bond acceptors (Lipinski definition) is 4. The Morgan fingerprint density at radius 1 is 0.971 bits per heavy atom. The predicted molar refractivity (Wildman–Crippen MR) is 135 cm³/mol. The van der Waals surface area contributed by atoms with Crippen molar-refractivity contribution in [3.8, 4) is 0 Å². The van der Waals surface area contributed by atoms with Crippen molar-refractivity contribution in [2.24, 2.45) is 5.92 Å². The summed E-state index contributed by atoms with van der Waals surface area (Å²) in [7, 11) is -3.64. The summed E-state index contributed by atoms with van der Waals surface area (Å²) in [4.78, 5) is 30.5. The summed E-state index contributed by atoms with van der Waals surface area (Å²) < 4.78 is 28.0. The lowest BCUT2D eigenvalue weighted by Crippen LogP contribution is -2.58. The van der Waals surface area contributed by atoms with Gasteiger partial charge in [-0.2, -0.15) is 4.31 Å². The zero-order valence-corrected chi connectivity index (χ0v) is 21.8. The maximum atomic E-state index is 13.7. The van der Waals surface area contributed by atoms with Gasteiger partial charge in [0.15, 0.2) is 0 Å². The fourth-order valence-electron chi connectivity index (χ4n) is 4.96. The molecule has 188 valence electrons. The molecular weight excluding hydrogens is 462 g/mol. The van der Waals surface area contributed by atoms with Gasteiger partial charge >= 0.3 is 0 Å². The number of rotatable bonds is 5. The molecule has 8 heteroatoms. The molecule has 2 heterocycles. The van der Waals surface area contributed by atoms with E-state index in [4.69, 9.17) is 0 Å². The molecule has 0 spiro atoms. The maximum Gasteiger partial charge on any atom is 0.245 e. The van der Waals surface area contributed by atoms with Gasteiger partial charge in [-0.05, 0) is 48.1 Å². The average Bonchev–Trinajstić information content (AvgIpc) is 2.83. The number of benzene rings is 2. The standard InChI is InChI=1S/C27H35N3O4S/c1-19(2)15-26(31)30-18-23-8-6-5-7-22(23)17-24(30)27(32)28-11-13-29(14-12-28)35(33,34)25-16-20(3)9-10-21(25)4/h5-10,16,19,24H,11-15,17-18H2,1-4H3. The van der Waals surface area contributed by atoms with Gasteiger partial charge in [0.25, 0.3) is 0 Å². The van der Waals surface area contributed by atoms with Crippen molar-refractivity contribution in [1.82, 2.24) is 14.1 Å². The molecule has 0 bridgehead atoms. The first-order valence-corrected chi connectivity index (χ1v) is 13.7. The Balaban J connectivity index is 1.50. The summed E-state index contributed by atoms with van der Waals surface area (Å²) in [6, 6.07) is 12.8. The fraction of sp³-hybridized carbons (Fsp3) is 0.481. The molecule has 2 aromatic rings. The highest BCUT2D eigenvalue weighted by Crippen LogP contribution is 2.27. The monoisotopic (exact) mass is 497 g/mol. The fourth-order valence-corrected chi connectivity index (χ4v) is 6.69. The summed E-state index contributed by atoms with van der Waals surface area (Å²) in [5.74, 6) is 0.0960. The Hall–Kier alpha value is -2.71. The van der Waals surface area contributed by atoms with Gasteiger partial charge in [-0.3, -0.25) is 9.59 Å². The van der Waals surface area contributed by atoms with Crippen LogP contribution in [0.25, 0.3) is 0 Å². The summed E-state index contributed by atoms with van der Waals surface area (Å²) in [6.07, 6.45) is 0.883. The SMILES string of the molecule is Cc1ccc(C)c(S(=O)(=O)N2CCN(C(=O)C3Cc4ccccc4CN3C(=O)CC(C)C)CC2)c1. The van der Waals surface area contributed by atoms with E-state index in [1.54, 1.807) is 22.8 Å².